The summed E-state index contributed by atoms with van der Waals surface area (Å²) >= 11 is 0. The lowest BCUT2D eigenvalue weighted by atomic mass is 10.1. The molecule has 0 radical (unpaired) electrons. The standard InChI is InChI=1S/C12H15F2NO/c1-9-3-5-10(6-4-9)11(16)7-15(2)8-12(13)14/h3-6,12H,7-8H2,1-2H3. The first kappa shape index (κ1) is 12.8. The van der Waals surface area contributed by atoms with Crippen LogP contribution in [0.15, 0.2) is 24.3 Å². The maximum Gasteiger partial charge on any atom is 0.251 e. The molecule has 0 unspecified atom stereocenters. The van der Waals surface area contributed by atoms with Gasteiger partial charge in [-0.1, -0.05) is 29.8 Å². The third-order valence-corrected chi connectivity index (χ3v) is 2.24. The van der Waals surface area contributed by atoms with E-state index in [0.29, 0.717) is 5.56 Å². The lowest BCUT2D eigenvalue weighted by Crippen LogP contribution is -2.30. The van der Waals surface area contributed by atoms with E-state index in [-0.39, 0.29) is 18.9 Å². The second kappa shape index (κ2) is 5.70. The Morgan fingerprint density at radius 3 is 2.38 bits per heavy atom. The number of carbonyl (C=O) groups excluding carboxylic acids is 1. The van der Waals surface area contributed by atoms with Crippen LogP contribution in [0.1, 0.15) is 15.9 Å². The lowest BCUT2D eigenvalue weighted by Gasteiger charge is -2.14. The molecule has 1 aromatic rings. The van der Waals surface area contributed by atoms with Crippen molar-refractivity contribution in [3.05, 3.63) is 35.4 Å². The summed E-state index contributed by atoms with van der Waals surface area (Å²) in [6, 6.07) is 7.10. The van der Waals surface area contributed by atoms with Crippen molar-refractivity contribution in [1.29, 1.82) is 0 Å². The van der Waals surface area contributed by atoms with Gasteiger partial charge in [0.1, 0.15) is 0 Å². The first-order chi connectivity index (χ1) is 7.49. The molecule has 0 aliphatic rings. The molecule has 0 aliphatic carbocycles. The highest BCUT2D eigenvalue weighted by molar-refractivity contribution is 5.97. The monoisotopic (exact) mass is 227 g/mol. The van der Waals surface area contributed by atoms with E-state index in [1.165, 1.54) is 11.9 Å². The van der Waals surface area contributed by atoms with E-state index >= 15 is 0 Å². The first-order valence-corrected chi connectivity index (χ1v) is 5.05. The number of nitrogens with zero attached hydrogens (tertiary/aromatic N) is 1. The van der Waals surface area contributed by atoms with Crippen LogP contribution in [0.4, 0.5) is 8.78 Å². The first-order valence-electron chi connectivity index (χ1n) is 5.05. The van der Waals surface area contributed by atoms with Gasteiger partial charge in [0, 0.05) is 5.56 Å². The molecular weight excluding hydrogens is 212 g/mol. The SMILES string of the molecule is Cc1ccc(C(=O)CN(C)CC(F)F)cc1. The molecule has 4 heteroatoms. The molecule has 0 N–H and O–H groups in total. The number of carbonyl (C=O) groups is 1. The fraction of sp³-hybridized carbons (Fsp3) is 0.417. The Morgan fingerprint density at radius 1 is 1.31 bits per heavy atom. The second-order valence-corrected chi connectivity index (χ2v) is 3.88. The van der Waals surface area contributed by atoms with Crippen LogP contribution in [0.25, 0.3) is 0 Å². The smallest absolute Gasteiger partial charge is 0.251 e. The van der Waals surface area contributed by atoms with Gasteiger partial charge >= 0.3 is 0 Å². The van der Waals surface area contributed by atoms with Crippen LogP contribution in [0.2, 0.25) is 0 Å². The highest BCUT2D eigenvalue weighted by atomic mass is 19.3. The molecule has 88 valence electrons. The van der Waals surface area contributed by atoms with Crippen molar-refractivity contribution < 1.29 is 13.6 Å². The van der Waals surface area contributed by atoms with Crippen molar-refractivity contribution in [2.75, 3.05) is 20.1 Å². The molecule has 0 heterocycles. The summed E-state index contributed by atoms with van der Waals surface area (Å²) in [4.78, 5) is 13.0. The van der Waals surface area contributed by atoms with E-state index in [9.17, 15) is 13.6 Å². The number of aryl methyl sites for hydroxylation is 1. The molecule has 0 bridgehead atoms. The summed E-state index contributed by atoms with van der Waals surface area (Å²) in [6.45, 7) is 1.57. The summed E-state index contributed by atoms with van der Waals surface area (Å²) in [7, 11) is 1.51. The van der Waals surface area contributed by atoms with E-state index in [0.717, 1.165) is 5.56 Å². The molecular formula is C12H15F2NO. The number of hydrogen-bond acceptors (Lipinski definition) is 2. The number of Topliss-reactive ketones (excluding diaryl/α,β-unsaturated/α-hetero) is 1. The molecule has 1 aromatic carbocycles. The second-order valence-electron chi connectivity index (χ2n) is 3.88. The molecule has 0 fully saturated rings. The van der Waals surface area contributed by atoms with Gasteiger partial charge in [0.25, 0.3) is 6.43 Å². The van der Waals surface area contributed by atoms with Crippen LogP contribution in [-0.2, 0) is 0 Å². The van der Waals surface area contributed by atoms with E-state index in [4.69, 9.17) is 0 Å². The number of alkyl halides is 2. The summed E-state index contributed by atoms with van der Waals surface area (Å²) in [5.74, 6) is -0.136. The summed E-state index contributed by atoms with van der Waals surface area (Å²) in [5.41, 5.74) is 1.63. The molecule has 0 amide bonds. The third-order valence-electron chi connectivity index (χ3n) is 2.24. The average Bonchev–Trinajstić information content (AvgIpc) is 2.16. The maximum absolute atomic E-state index is 12.0. The highest BCUT2D eigenvalue weighted by Crippen LogP contribution is 2.05. The Balaban J connectivity index is 2.55. The number of hydrogen-bond donors (Lipinski definition) is 0. The van der Waals surface area contributed by atoms with Crippen molar-refractivity contribution in [2.24, 2.45) is 0 Å². The van der Waals surface area contributed by atoms with Crippen LogP contribution < -0.4 is 0 Å². The van der Waals surface area contributed by atoms with E-state index < -0.39 is 6.43 Å². The minimum absolute atomic E-state index is 0.0212. The van der Waals surface area contributed by atoms with Gasteiger partial charge in [-0.25, -0.2) is 8.78 Å². The van der Waals surface area contributed by atoms with E-state index in [1.807, 2.05) is 19.1 Å². The zero-order valence-electron chi connectivity index (χ0n) is 9.41. The van der Waals surface area contributed by atoms with Crippen LogP contribution in [-0.4, -0.2) is 37.2 Å². The topological polar surface area (TPSA) is 20.3 Å². The molecule has 0 aliphatic heterocycles. The number of likely N-dealkylation sites (N-methyl/N-ethyl adjacent to an activating group) is 1. The Bertz CT molecular complexity index is 349. The molecule has 0 spiro atoms. The molecule has 0 atom stereocenters. The van der Waals surface area contributed by atoms with Crippen molar-refractivity contribution in [2.45, 2.75) is 13.3 Å². The van der Waals surface area contributed by atoms with Crippen LogP contribution in [0.5, 0.6) is 0 Å². The summed E-state index contributed by atoms with van der Waals surface area (Å²) in [6.07, 6.45) is -2.41. The quantitative estimate of drug-likeness (QED) is 0.720. The van der Waals surface area contributed by atoms with Gasteiger partial charge in [0.05, 0.1) is 13.1 Å². The van der Waals surface area contributed by atoms with Crippen molar-refractivity contribution in [3.8, 4) is 0 Å². The molecule has 0 saturated heterocycles. The molecule has 0 saturated carbocycles. The van der Waals surface area contributed by atoms with Crippen molar-refractivity contribution >= 4 is 5.78 Å². The largest absolute Gasteiger partial charge is 0.293 e. The van der Waals surface area contributed by atoms with Gasteiger partial charge in [0.2, 0.25) is 0 Å². The Morgan fingerprint density at radius 2 is 1.88 bits per heavy atom. The Labute approximate surface area is 93.9 Å². The number of halogens is 2. The minimum atomic E-state index is -2.41. The molecule has 0 aromatic heterocycles. The summed E-state index contributed by atoms with van der Waals surface area (Å²) < 4.78 is 24.1. The zero-order chi connectivity index (χ0) is 12.1. The van der Waals surface area contributed by atoms with Gasteiger partial charge < -0.3 is 0 Å². The Kier molecular flexibility index (Phi) is 4.55. The fourth-order valence-electron chi connectivity index (χ4n) is 1.38. The van der Waals surface area contributed by atoms with Gasteiger partial charge in [-0.15, -0.1) is 0 Å². The summed E-state index contributed by atoms with van der Waals surface area (Å²) in [5, 5.41) is 0. The predicted molar refractivity (Wildman–Crippen MR) is 59.0 cm³/mol. The van der Waals surface area contributed by atoms with Crippen LogP contribution in [0.3, 0.4) is 0 Å². The predicted octanol–water partition coefficient (Wildman–Crippen LogP) is 2.37. The Hall–Kier alpha value is -1.29. The van der Waals surface area contributed by atoms with Gasteiger partial charge in [-0.05, 0) is 14.0 Å². The molecule has 1 rings (SSSR count). The van der Waals surface area contributed by atoms with Crippen molar-refractivity contribution in [1.82, 2.24) is 4.90 Å². The van der Waals surface area contributed by atoms with Crippen LogP contribution >= 0.6 is 0 Å². The highest BCUT2D eigenvalue weighted by Gasteiger charge is 2.12. The molecule has 16 heavy (non-hydrogen) atoms. The van der Waals surface area contributed by atoms with Crippen LogP contribution in [0, 0.1) is 6.92 Å². The average molecular weight is 227 g/mol. The minimum Gasteiger partial charge on any atom is -0.293 e. The maximum atomic E-state index is 12.0. The van der Waals surface area contributed by atoms with E-state index in [2.05, 4.69) is 0 Å². The van der Waals surface area contributed by atoms with Gasteiger partial charge in [0.15, 0.2) is 5.78 Å². The third kappa shape index (κ3) is 4.06. The van der Waals surface area contributed by atoms with Crippen molar-refractivity contribution in [3.63, 3.8) is 0 Å². The number of rotatable bonds is 5. The normalized spacial score (nSPS) is 11.1. The fourth-order valence-corrected chi connectivity index (χ4v) is 1.38. The van der Waals surface area contributed by atoms with Gasteiger partial charge in [-0.2, -0.15) is 0 Å². The number of ketones is 1. The molecule has 2 nitrogen and oxygen atoms in total. The van der Waals surface area contributed by atoms with Gasteiger partial charge in [-0.3, -0.25) is 9.69 Å². The zero-order valence-corrected chi connectivity index (χ0v) is 9.41. The number of benzene rings is 1. The van der Waals surface area contributed by atoms with E-state index in [1.54, 1.807) is 12.1 Å². The lowest BCUT2D eigenvalue weighted by molar-refractivity contribution is 0.0820.